The molecule has 27 heavy (non-hydrogen) atoms. The van der Waals surface area contributed by atoms with E-state index in [0.717, 1.165) is 30.4 Å². The van der Waals surface area contributed by atoms with E-state index >= 15 is 0 Å². The lowest BCUT2D eigenvalue weighted by Gasteiger charge is -2.13. The van der Waals surface area contributed by atoms with Crippen molar-refractivity contribution in [2.45, 2.75) is 65.2 Å². The van der Waals surface area contributed by atoms with Crippen molar-refractivity contribution < 1.29 is 14.2 Å². The fourth-order valence-electron chi connectivity index (χ4n) is 3.04. The Morgan fingerprint density at radius 1 is 0.852 bits per heavy atom. The summed E-state index contributed by atoms with van der Waals surface area (Å²) in [5, 5.41) is 0.828. The number of hydrogen-bond donors (Lipinski definition) is 1. The first-order valence-corrected chi connectivity index (χ1v) is 10.2. The zero-order chi connectivity index (χ0) is 19.5. The second-order valence-corrected chi connectivity index (χ2v) is 6.84. The van der Waals surface area contributed by atoms with Gasteiger partial charge in [0.1, 0.15) is 5.75 Å². The number of fused-ring (bicyclic) bond motifs is 1. The Hall–Kier alpha value is -2.17. The maximum atomic E-state index is 12.3. The van der Waals surface area contributed by atoms with Gasteiger partial charge in [-0.15, -0.1) is 0 Å². The smallest absolute Gasteiger partial charge is 0.294 e. The number of benzene rings is 1. The molecule has 2 rings (SSSR count). The lowest BCUT2D eigenvalue weighted by Crippen LogP contribution is -2.12. The molecule has 0 aliphatic rings. The number of hydrogen-bond acceptors (Lipinski definition) is 4. The highest BCUT2D eigenvalue weighted by atomic mass is 16.5. The van der Waals surface area contributed by atoms with Crippen LogP contribution in [0, 0.1) is 0 Å². The summed E-state index contributed by atoms with van der Waals surface area (Å²) >= 11 is 0. The Bertz CT molecular complexity index is 754. The van der Waals surface area contributed by atoms with E-state index in [1.807, 2.05) is 18.2 Å². The summed E-state index contributed by atoms with van der Waals surface area (Å²) < 4.78 is 17.0. The van der Waals surface area contributed by atoms with E-state index in [0.29, 0.717) is 24.5 Å². The number of nitrogens with one attached hydrogen (secondary N) is 1. The standard InChI is InChI=1S/C22H33NO4/c1-4-6-8-9-10-11-15-26-17-12-13-18-19(16-17)23-22(24)21(25-3)20(18)27-14-7-5-2/h12-13,16H,4-11,14-15H2,1-3H3,(H,23,24). The molecule has 1 heterocycles. The summed E-state index contributed by atoms with van der Waals surface area (Å²) in [4.78, 5) is 15.2. The topological polar surface area (TPSA) is 60.6 Å². The van der Waals surface area contributed by atoms with Crippen molar-refractivity contribution in [3.8, 4) is 17.2 Å². The van der Waals surface area contributed by atoms with Gasteiger partial charge in [0.05, 0.1) is 25.8 Å². The molecule has 150 valence electrons. The molecular weight excluding hydrogens is 342 g/mol. The fourth-order valence-corrected chi connectivity index (χ4v) is 3.04. The van der Waals surface area contributed by atoms with E-state index < -0.39 is 0 Å². The van der Waals surface area contributed by atoms with Gasteiger partial charge in [-0.05, 0) is 25.0 Å². The van der Waals surface area contributed by atoms with Crippen molar-refractivity contribution in [2.75, 3.05) is 20.3 Å². The Morgan fingerprint density at radius 3 is 2.30 bits per heavy atom. The molecule has 5 heteroatoms. The minimum absolute atomic E-state index is 0.222. The van der Waals surface area contributed by atoms with E-state index in [1.165, 1.54) is 39.2 Å². The molecule has 0 atom stereocenters. The summed E-state index contributed by atoms with van der Waals surface area (Å²) in [5.74, 6) is 1.49. The van der Waals surface area contributed by atoms with Gasteiger partial charge in [-0.2, -0.15) is 0 Å². The van der Waals surface area contributed by atoms with Crippen LogP contribution in [0.3, 0.4) is 0 Å². The van der Waals surface area contributed by atoms with Crippen LogP contribution in [0.15, 0.2) is 23.0 Å². The van der Waals surface area contributed by atoms with Crippen LogP contribution in [0.2, 0.25) is 0 Å². The van der Waals surface area contributed by atoms with Crippen LogP contribution in [-0.4, -0.2) is 25.3 Å². The zero-order valence-corrected chi connectivity index (χ0v) is 16.9. The van der Waals surface area contributed by atoms with Gasteiger partial charge in [-0.3, -0.25) is 4.79 Å². The van der Waals surface area contributed by atoms with Crippen molar-refractivity contribution in [3.63, 3.8) is 0 Å². The van der Waals surface area contributed by atoms with Crippen molar-refractivity contribution in [3.05, 3.63) is 28.6 Å². The molecule has 1 aromatic carbocycles. The quantitative estimate of drug-likeness (QED) is 0.473. The maximum Gasteiger partial charge on any atom is 0.294 e. The number of H-pyrrole nitrogens is 1. The van der Waals surface area contributed by atoms with Crippen LogP contribution in [0.25, 0.3) is 10.9 Å². The molecular formula is C22H33NO4. The van der Waals surface area contributed by atoms with Crippen LogP contribution >= 0.6 is 0 Å². The largest absolute Gasteiger partial charge is 0.494 e. The number of ether oxygens (including phenoxy) is 3. The first-order chi connectivity index (χ1) is 13.2. The van der Waals surface area contributed by atoms with Crippen LogP contribution in [0.1, 0.15) is 65.2 Å². The van der Waals surface area contributed by atoms with Crippen molar-refractivity contribution in [1.82, 2.24) is 4.98 Å². The Balaban J connectivity index is 2.06. The number of aromatic nitrogens is 1. The third-order valence-electron chi connectivity index (χ3n) is 4.61. The Morgan fingerprint density at radius 2 is 1.56 bits per heavy atom. The highest BCUT2D eigenvalue weighted by Crippen LogP contribution is 2.33. The summed E-state index contributed by atoms with van der Waals surface area (Å²) in [6.45, 7) is 5.58. The average molecular weight is 376 g/mol. The first-order valence-electron chi connectivity index (χ1n) is 10.2. The predicted octanol–water partition coefficient (Wildman–Crippen LogP) is 5.45. The van der Waals surface area contributed by atoms with Gasteiger partial charge >= 0.3 is 0 Å². The van der Waals surface area contributed by atoms with E-state index in [1.54, 1.807) is 0 Å². The molecule has 2 aromatic rings. The Labute approximate surface area is 162 Å². The van der Waals surface area contributed by atoms with Crippen molar-refractivity contribution >= 4 is 10.9 Å². The normalized spacial score (nSPS) is 10.9. The van der Waals surface area contributed by atoms with Gasteiger partial charge in [0.2, 0.25) is 5.75 Å². The minimum Gasteiger partial charge on any atom is -0.494 e. The monoisotopic (exact) mass is 375 g/mol. The number of unbranched alkanes of at least 4 members (excludes halogenated alkanes) is 6. The van der Waals surface area contributed by atoms with Crippen molar-refractivity contribution in [2.24, 2.45) is 0 Å². The summed E-state index contributed by atoms with van der Waals surface area (Å²) in [7, 11) is 1.49. The number of methoxy groups -OCH3 is 1. The third kappa shape index (κ3) is 6.19. The van der Waals surface area contributed by atoms with E-state index in [9.17, 15) is 4.79 Å². The van der Waals surface area contributed by atoms with Crippen molar-refractivity contribution in [1.29, 1.82) is 0 Å². The molecule has 5 nitrogen and oxygen atoms in total. The second-order valence-electron chi connectivity index (χ2n) is 6.84. The zero-order valence-electron chi connectivity index (χ0n) is 16.9. The van der Waals surface area contributed by atoms with Gasteiger partial charge in [-0.1, -0.05) is 52.4 Å². The first kappa shape index (κ1) is 21.1. The highest BCUT2D eigenvalue weighted by molar-refractivity contribution is 5.88. The minimum atomic E-state index is -0.287. The van der Waals surface area contributed by atoms with Gasteiger partial charge in [0.25, 0.3) is 5.56 Å². The van der Waals surface area contributed by atoms with Crippen LogP contribution in [0.5, 0.6) is 17.2 Å². The molecule has 0 spiro atoms. The number of pyridine rings is 1. The van der Waals surface area contributed by atoms with Crippen LogP contribution in [0.4, 0.5) is 0 Å². The lowest BCUT2D eigenvalue weighted by atomic mass is 10.1. The van der Waals surface area contributed by atoms with Gasteiger partial charge in [-0.25, -0.2) is 0 Å². The Kier molecular flexibility index (Phi) is 9.02. The van der Waals surface area contributed by atoms with Crippen LogP contribution < -0.4 is 19.8 Å². The van der Waals surface area contributed by atoms with Gasteiger partial charge in [0, 0.05) is 11.5 Å². The molecule has 0 saturated carbocycles. The third-order valence-corrected chi connectivity index (χ3v) is 4.61. The fraction of sp³-hybridized carbons (Fsp3) is 0.591. The average Bonchev–Trinajstić information content (AvgIpc) is 2.67. The van der Waals surface area contributed by atoms with Gasteiger partial charge in [0.15, 0.2) is 5.75 Å². The summed E-state index contributed by atoms with van der Waals surface area (Å²) in [6.07, 6.45) is 9.34. The highest BCUT2D eigenvalue weighted by Gasteiger charge is 2.15. The molecule has 0 aliphatic heterocycles. The number of rotatable bonds is 13. The SMILES string of the molecule is CCCCCCCCOc1ccc2c(OCCCC)c(OC)c(=O)[nH]c2c1. The van der Waals surface area contributed by atoms with E-state index in [2.05, 4.69) is 18.8 Å². The molecule has 0 amide bonds. The molecule has 0 unspecified atom stereocenters. The molecule has 1 aromatic heterocycles. The summed E-state index contributed by atoms with van der Waals surface area (Å²) in [6, 6.07) is 5.70. The maximum absolute atomic E-state index is 12.3. The molecule has 0 aliphatic carbocycles. The second kappa shape index (κ2) is 11.5. The van der Waals surface area contributed by atoms with Crippen LogP contribution in [-0.2, 0) is 0 Å². The molecule has 0 saturated heterocycles. The van der Waals surface area contributed by atoms with E-state index in [4.69, 9.17) is 14.2 Å². The molecule has 0 radical (unpaired) electrons. The molecule has 1 N–H and O–H groups in total. The van der Waals surface area contributed by atoms with Gasteiger partial charge < -0.3 is 19.2 Å². The van der Waals surface area contributed by atoms with E-state index in [-0.39, 0.29) is 11.3 Å². The lowest BCUT2D eigenvalue weighted by molar-refractivity contribution is 0.290. The molecule has 0 bridgehead atoms. The molecule has 0 fully saturated rings. The number of aromatic amines is 1. The predicted molar refractivity (Wildman–Crippen MR) is 110 cm³/mol. The summed E-state index contributed by atoms with van der Waals surface area (Å²) in [5.41, 5.74) is 0.414.